The minimum absolute atomic E-state index is 0.582. The number of rotatable bonds is 0. The molecule has 102 heavy (non-hydrogen) atoms. The summed E-state index contributed by atoms with van der Waals surface area (Å²) in [5.41, 5.74) is 6.98. The number of hydrogen-bond acceptors (Lipinski definition) is 18. The topological polar surface area (TPSA) is 232 Å². The molecule has 40 aromatic rings. The zero-order valence-corrected chi connectivity index (χ0v) is 55.8. The highest BCUT2D eigenvalue weighted by Gasteiger charge is 2.12. The van der Waals surface area contributed by atoms with Crippen molar-refractivity contribution in [2.45, 2.75) is 41.5 Å². The van der Waals surface area contributed by atoms with Gasteiger partial charge in [-0.3, -0.25) is 0 Å². The SMILES string of the molecule is Cc1nc2nc(n1)c1ccc3cc(ccc3c1)c1nc(C)nc(n1)c1ccc3cc(ccc3c1)c1nc(C)nc(n1)c1ccc3cc(ccc3c1)c1nc(C)nc(n1)c1ccc3cc(ccc3c1)c1nc(C)nc(n1)c1ccc3cc(ccc3c1)c1nc(C)nc(n1)c1ccc3cc2ccc3c1. The molecule has 0 saturated carbocycles. The summed E-state index contributed by atoms with van der Waals surface area (Å²) < 4.78 is 0. The molecule has 0 aliphatic heterocycles. The average Bonchev–Trinajstić information content (AvgIpc) is 0.794. The molecule has 40 rings (SSSR count). The molecule has 36 bridgehead atoms. The lowest BCUT2D eigenvalue weighted by Crippen LogP contribution is -1.94. The second-order valence-corrected chi connectivity index (χ2v) is 25.8. The molecule has 18 nitrogen and oxygen atoms in total. The summed E-state index contributed by atoms with van der Waals surface area (Å²) in [5, 5.41) is 22.7. The van der Waals surface area contributed by atoms with Gasteiger partial charge in [0.2, 0.25) is 0 Å². The van der Waals surface area contributed by atoms with Gasteiger partial charge in [0.15, 0.2) is 67.8 Å². The summed E-state index contributed by atoms with van der Waals surface area (Å²) in [4.78, 5) is 88.3. The zero-order chi connectivity index (χ0) is 68.4. The van der Waals surface area contributed by atoms with Crippen molar-refractivity contribution >= 4 is 197 Å². The predicted molar refractivity (Wildman–Crippen MR) is 410 cm³/mol. The first-order chi connectivity index (χ1) is 49.8. The van der Waals surface area contributed by atoms with Crippen LogP contribution in [-0.2, 0) is 0 Å². The monoisotopic (exact) mass is 1310 g/mol. The minimum atomic E-state index is 0.582. The van der Waals surface area contributed by atoms with E-state index in [-0.39, 0.29) is 0 Å². The average molecular weight is 1320 g/mol. The maximum absolute atomic E-state index is 5.05. The van der Waals surface area contributed by atoms with Gasteiger partial charge in [0.05, 0.1) is 0 Å². The molecule has 0 fully saturated rings. The van der Waals surface area contributed by atoms with Crippen molar-refractivity contribution in [1.82, 2.24) is 89.7 Å². The van der Waals surface area contributed by atoms with Crippen LogP contribution < -0.4 is 0 Å². The van der Waals surface area contributed by atoms with Crippen molar-refractivity contribution < 1.29 is 0 Å². The van der Waals surface area contributed by atoms with Crippen LogP contribution in [0.25, 0.3) is 197 Å². The lowest BCUT2D eigenvalue weighted by atomic mass is 10.1. The van der Waals surface area contributed by atoms with Gasteiger partial charge in [0.1, 0.15) is 34.9 Å². The highest BCUT2D eigenvalue weighted by atomic mass is 15.0. The van der Waals surface area contributed by atoms with Crippen molar-refractivity contribution in [3.8, 4) is 0 Å². The molecule has 480 valence electrons. The van der Waals surface area contributed by atoms with Crippen LogP contribution >= 0.6 is 0 Å². The number of hydrogen-bond donors (Lipinski definition) is 0. The molecule has 18 heteroatoms. The fraction of sp³-hybridized carbons (Fsp3) is 0.0714. The van der Waals surface area contributed by atoms with E-state index in [1.165, 1.54) is 0 Å². The van der Waals surface area contributed by atoms with Crippen molar-refractivity contribution in [1.29, 1.82) is 0 Å². The van der Waals surface area contributed by atoms with Crippen molar-refractivity contribution in [3.63, 3.8) is 0 Å². The summed E-state index contributed by atoms with van der Waals surface area (Å²) >= 11 is 0. The quantitative estimate of drug-likeness (QED) is 0.137. The van der Waals surface area contributed by atoms with Gasteiger partial charge in [-0.1, -0.05) is 146 Å². The van der Waals surface area contributed by atoms with E-state index in [1.54, 1.807) is 0 Å². The Morgan fingerprint density at radius 3 is 0.275 bits per heavy atom. The third kappa shape index (κ3) is 11.0. The first kappa shape index (κ1) is 59.5. The van der Waals surface area contributed by atoms with Gasteiger partial charge >= 0.3 is 0 Å². The molecule has 0 spiro atoms. The molecule has 28 heterocycles. The summed E-state index contributed by atoms with van der Waals surface area (Å²) in [6.07, 6.45) is 0. The Morgan fingerprint density at radius 2 is 0.186 bits per heavy atom. The van der Waals surface area contributed by atoms with E-state index < -0.39 is 0 Å². The van der Waals surface area contributed by atoms with Crippen LogP contribution in [0.1, 0.15) is 34.9 Å². The molecule has 0 aliphatic rings. The molecule has 12 aromatic carbocycles. The molecule has 0 radical (unpaired) electrons. The molecule has 0 unspecified atom stereocenters. The van der Waals surface area contributed by atoms with Gasteiger partial charge < -0.3 is 0 Å². The van der Waals surface area contributed by atoms with E-state index in [0.717, 1.165) is 129 Å². The fourth-order valence-electron chi connectivity index (χ4n) is 13.6. The van der Waals surface area contributed by atoms with Crippen LogP contribution in [0.4, 0.5) is 0 Å². The fourth-order valence-corrected chi connectivity index (χ4v) is 13.6. The minimum Gasteiger partial charge on any atom is -0.213 e. The van der Waals surface area contributed by atoms with Crippen LogP contribution in [0, 0.1) is 41.5 Å². The molecule has 28 aromatic heterocycles. The van der Waals surface area contributed by atoms with Gasteiger partial charge in [0.25, 0.3) is 0 Å². The van der Waals surface area contributed by atoms with E-state index in [9.17, 15) is 0 Å². The molecular formula is C84H54N18. The smallest absolute Gasteiger partial charge is 0.163 e. The van der Waals surface area contributed by atoms with Gasteiger partial charge in [-0.15, -0.1) is 0 Å². The summed E-state index contributed by atoms with van der Waals surface area (Å²) in [7, 11) is 0. The maximum Gasteiger partial charge on any atom is 0.163 e. The first-order valence-corrected chi connectivity index (χ1v) is 33.4. The Labute approximate surface area is 578 Å². The maximum atomic E-state index is 5.05. The highest BCUT2D eigenvalue weighted by molar-refractivity contribution is 6.04. The molecule has 0 amide bonds. The molecular weight excluding hydrogens is 1260 g/mol. The van der Waals surface area contributed by atoms with Crippen molar-refractivity contribution in [2.75, 3.05) is 0 Å². The van der Waals surface area contributed by atoms with Gasteiger partial charge in [-0.05, 0) is 179 Å². The predicted octanol–water partition coefficient (Wildman–Crippen LogP) is 18.5. The number of benzene rings is 12. The summed E-state index contributed by atoms with van der Waals surface area (Å²) in [6.45, 7) is 11.4. The Bertz CT molecular complexity index is 5830. The van der Waals surface area contributed by atoms with Crippen LogP contribution in [0.3, 0.4) is 0 Å². The largest absolute Gasteiger partial charge is 0.213 e. The number of aromatic nitrogens is 18. The van der Waals surface area contributed by atoms with Gasteiger partial charge in [-0.2, -0.15) is 0 Å². The lowest BCUT2D eigenvalue weighted by Gasteiger charge is -2.04. The van der Waals surface area contributed by atoms with E-state index in [2.05, 4.69) is 146 Å². The second kappa shape index (κ2) is 23.5. The normalized spacial score (nSPS) is 11.8. The Balaban J connectivity index is 0.753. The summed E-state index contributed by atoms with van der Waals surface area (Å²) in [6, 6.07) is 75.0. The Kier molecular flexibility index (Phi) is 13.7. The van der Waals surface area contributed by atoms with Crippen molar-refractivity contribution in [3.05, 3.63) is 253 Å². The van der Waals surface area contributed by atoms with Gasteiger partial charge in [0, 0.05) is 64.6 Å². The van der Waals surface area contributed by atoms with Crippen LogP contribution in [-0.4, -0.2) is 89.7 Å². The molecule has 0 N–H and O–H groups in total. The Hall–Kier alpha value is -13.7. The molecule has 0 saturated heterocycles. The van der Waals surface area contributed by atoms with Crippen LogP contribution in [0.15, 0.2) is 218 Å². The van der Waals surface area contributed by atoms with Crippen molar-refractivity contribution in [2.24, 2.45) is 0 Å². The highest BCUT2D eigenvalue weighted by Crippen LogP contribution is 2.31. The van der Waals surface area contributed by atoms with E-state index in [1.807, 2.05) is 114 Å². The van der Waals surface area contributed by atoms with E-state index in [4.69, 9.17) is 89.7 Å². The molecule has 0 atom stereocenters. The van der Waals surface area contributed by atoms with E-state index >= 15 is 0 Å². The first-order valence-electron chi connectivity index (χ1n) is 33.4. The summed E-state index contributed by atoms with van der Waals surface area (Å²) in [5.74, 6) is 3.69. The van der Waals surface area contributed by atoms with Crippen LogP contribution in [0.2, 0.25) is 0 Å². The third-order valence-corrected chi connectivity index (χ3v) is 18.6. The third-order valence-electron chi connectivity index (χ3n) is 18.6. The number of nitrogens with zero attached hydrogens (tertiary/aromatic N) is 18. The Morgan fingerprint density at radius 1 is 0.108 bits per heavy atom. The standard InChI is InChI=1S/C84H54N18/c1-43-85-73-61-19-7-51-33-63(21-9-49(51)31-61)75-87-44(2)89-77(98-75)65-23-11-55-37-67(25-13-53(55)35-65)79-91-46(4)93-81(100-79)69-27-15-59-41-71(29-17-57(59)39-69)83-95-48(6)96-84(102-83)72-30-18-58-40-70(28-16-60(58)42-72)82-94-47(5)92-80(101-82)68-26-14-54-36-66(24-12-56(54)38-68)78-90-45(3)88-76(99-78)64-22-10-50-32-62(74(86-43)97-73)20-8-52(50)34-64/h7-42H,1-6H3. The lowest BCUT2D eigenvalue weighted by molar-refractivity contribution is 1.07. The number of aryl methyl sites for hydroxylation is 6. The second-order valence-electron chi connectivity index (χ2n) is 25.8. The zero-order valence-electron chi connectivity index (χ0n) is 55.8. The van der Waals surface area contributed by atoms with Crippen LogP contribution in [0.5, 0.6) is 0 Å². The van der Waals surface area contributed by atoms with E-state index in [0.29, 0.717) is 103 Å². The van der Waals surface area contributed by atoms with Gasteiger partial charge in [-0.25, -0.2) is 89.7 Å². The molecule has 0 aliphatic carbocycles.